The summed E-state index contributed by atoms with van der Waals surface area (Å²) in [7, 11) is 1.65. The van der Waals surface area contributed by atoms with E-state index in [1.165, 1.54) is 10.9 Å². The molecule has 0 unspecified atom stereocenters. The number of rotatable bonds is 4. The number of carbonyl (C=O) groups excluding carboxylic acids is 1. The molecule has 0 aliphatic rings. The topological polar surface area (TPSA) is 93.2 Å². The molecule has 1 aromatic heterocycles. The fraction of sp³-hybridized carbons (Fsp3) is 0.600. The van der Waals surface area contributed by atoms with Crippen LogP contribution in [0.3, 0.4) is 0 Å². The van der Waals surface area contributed by atoms with Gasteiger partial charge in [-0.15, -0.1) is 0 Å². The third kappa shape index (κ3) is 3.23. The smallest absolute Gasteiger partial charge is 0.271 e. The van der Waals surface area contributed by atoms with Crippen LogP contribution in [0.5, 0.6) is 0 Å². The molecule has 0 aliphatic carbocycles. The van der Waals surface area contributed by atoms with Crippen molar-refractivity contribution in [2.75, 3.05) is 12.3 Å². The first-order valence-corrected chi connectivity index (χ1v) is 5.09. The number of nitrogens with one attached hydrogen (secondary N) is 1. The molecule has 90 valence electrons. The molecule has 6 heteroatoms. The second-order valence-corrected chi connectivity index (χ2v) is 4.39. The first kappa shape index (κ1) is 12.5. The Morgan fingerprint density at radius 3 is 2.75 bits per heavy atom. The predicted molar refractivity (Wildman–Crippen MR) is 60.9 cm³/mol. The lowest BCUT2D eigenvalue weighted by molar-refractivity contribution is 0.0691. The van der Waals surface area contributed by atoms with E-state index in [0.717, 1.165) is 0 Å². The molecule has 0 spiro atoms. The average Bonchev–Trinajstić information content (AvgIpc) is 2.43. The summed E-state index contributed by atoms with van der Waals surface area (Å²) in [6, 6.07) is 0. The van der Waals surface area contributed by atoms with E-state index in [4.69, 9.17) is 5.73 Å². The molecule has 1 heterocycles. The highest BCUT2D eigenvalue weighted by Gasteiger charge is 2.16. The van der Waals surface area contributed by atoms with E-state index in [-0.39, 0.29) is 5.91 Å². The van der Waals surface area contributed by atoms with Crippen molar-refractivity contribution in [2.24, 2.45) is 7.05 Å². The Balaban J connectivity index is 2.54. The largest absolute Gasteiger partial charge is 0.396 e. The number of hydrogen-bond donors (Lipinski definition) is 3. The minimum Gasteiger partial charge on any atom is -0.396 e. The van der Waals surface area contributed by atoms with Gasteiger partial charge in [0.05, 0.1) is 17.5 Å². The van der Waals surface area contributed by atoms with Crippen LogP contribution in [0.25, 0.3) is 0 Å². The van der Waals surface area contributed by atoms with Crippen LogP contribution in [0.1, 0.15) is 30.8 Å². The van der Waals surface area contributed by atoms with Crippen molar-refractivity contribution in [3.63, 3.8) is 0 Å². The number of amides is 1. The highest BCUT2D eigenvalue weighted by Crippen LogP contribution is 2.09. The molecule has 0 bridgehead atoms. The van der Waals surface area contributed by atoms with Gasteiger partial charge in [0, 0.05) is 13.6 Å². The minimum atomic E-state index is -0.786. The van der Waals surface area contributed by atoms with Gasteiger partial charge in [0.2, 0.25) is 0 Å². The van der Waals surface area contributed by atoms with Gasteiger partial charge in [-0.1, -0.05) is 0 Å². The van der Waals surface area contributed by atoms with Gasteiger partial charge in [-0.25, -0.2) is 0 Å². The first-order chi connectivity index (χ1) is 7.31. The monoisotopic (exact) mass is 226 g/mol. The normalized spacial score (nSPS) is 11.5. The maximum Gasteiger partial charge on any atom is 0.271 e. The van der Waals surface area contributed by atoms with Crippen molar-refractivity contribution in [3.8, 4) is 0 Å². The quantitative estimate of drug-likeness (QED) is 0.668. The number of nitrogens with two attached hydrogens (primary N) is 1. The van der Waals surface area contributed by atoms with Crippen molar-refractivity contribution in [3.05, 3.63) is 11.9 Å². The number of carbonyl (C=O) groups is 1. The second-order valence-electron chi connectivity index (χ2n) is 4.39. The standard InChI is InChI=1S/C10H18N4O2/c1-10(2,16)4-5-12-9(15)8-7(11)6-13-14(8)3/h6,16H,4-5,11H2,1-3H3,(H,12,15). The maximum absolute atomic E-state index is 11.7. The Kier molecular flexibility index (Phi) is 3.54. The zero-order valence-electron chi connectivity index (χ0n) is 9.82. The highest BCUT2D eigenvalue weighted by atomic mass is 16.3. The van der Waals surface area contributed by atoms with Crippen molar-refractivity contribution in [1.82, 2.24) is 15.1 Å². The molecule has 6 nitrogen and oxygen atoms in total. The first-order valence-electron chi connectivity index (χ1n) is 5.09. The predicted octanol–water partition coefficient (Wildman–Crippen LogP) is -0.107. The molecule has 0 saturated heterocycles. The van der Waals surface area contributed by atoms with Gasteiger partial charge in [-0.3, -0.25) is 9.48 Å². The van der Waals surface area contributed by atoms with E-state index >= 15 is 0 Å². The van der Waals surface area contributed by atoms with Gasteiger partial charge in [0.15, 0.2) is 0 Å². The van der Waals surface area contributed by atoms with Crippen LogP contribution in [0.15, 0.2) is 6.20 Å². The van der Waals surface area contributed by atoms with Crippen LogP contribution in [0, 0.1) is 0 Å². The molecule has 0 atom stereocenters. The Hall–Kier alpha value is -1.56. The molecular weight excluding hydrogens is 208 g/mol. The summed E-state index contributed by atoms with van der Waals surface area (Å²) >= 11 is 0. The summed E-state index contributed by atoms with van der Waals surface area (Å²) in [5.74, 6) is -0.276. The van der Waals surface area contributed by atoms with Gasteiger partial charge in [0.1, 0.15) is 5.69 Å². The van der Waals surface area contributed by atoms with E-state index in [0.29, 0.717) is 24.3 Å². The van der Waals surface area contributed by atoms with Crippen LogP contribution in [-0.2, 0) is 7.05 Å². The zero-order chi connectivity index (χ0) is 12.3. The van der Waals surface area contributed by atoms with E-state index in [1.54, 1.807) is 20.9 Å². The number of hydrogen-bond acceptors (Lipinski definition) is 4. The maximum atomic E-state index is 11.7. The third-order valence-electron chi connectivity index (χ3n) is 2.20. The van der Waals surface area contributed by atoms with Crippen molar-refractivity contribution >= 4 is 11.6 Å². The number of nitrogens with zero attached hydrogens (tertiary/aromatic N) is 2. The fourth-order valence-corrected chi connectivity index (χ4v) is 1.30. The molecule has 0 radical (unpaired) electrons. The number of aliphatic hydroxyl groups is 1. The van der Waals surface area contributed by atoms with Crippen LogP contribution in [0.2, 0.25) is 0 Å². The van der Waals surface area contributed by atoms with Gasteiger partial charge < -0.3 is 16.2 Å². The molecular formula is C10H18N4O2. The summed E-state index contributed by atoms with van der Waals surface area (Å²) in [6.45, 7) is 3.78. The van der Waals surface area contributed by atoms with Crippen LogP contribution < -0.4 is 11.1 Å². The fourth-order valence-electron chi connectivity index (χ4n) is 1.30. The lowest BCUT2D eigenvalue weighted by Crippen LogP contribution is -2.32. The van der Waals surface area contributed by atoms with E-state index in [2.05, 4.69) is 10.4 Å². The van der Waals surface area contributed by atoms with Gasteiger partial charge in [0.25, 0.3) is 5.91 Å². The Morgan fingerprint density at radius 2 is 2.31 bits per heavy atom. The molecule has 4 N–H and O–H groups in total. The molecule has 0 fully saturated rings. The van der Waals surface area contributed by atoms with Crippen molar-refractivity contribution < 1.29 is 9.90 Å². The zero-order valence-corrected chi connectivity index (χ0v) is 9.82. The van der Waals surface area contributed by atoms with Crippen molar-refractivity contribution in [1.29, 1.82) is 0 Å². The summed E-state index contributed by atoms with van der Waals surface area (Å²) in [5, 5.41) is 16.0. The Morgan fingerprint density at radius 1 is 1.69 bits per heavy atom. The Labute approximate surface area is 94.4 Å². The van der Waals surface area contributed by atoms with Gasteiger partial charge in [-0.2, -0.15) is 5.10 Å². The molecule has 0 saturated carbocycles. The van der Waals surface area contributed by atoms with Crippen molar-refractivity contribution in [2.45, 2.75) is 25.9 Å². The lowest BCUT2D eigenvalue weighted by atomic mass is 10.1. The molecule has 0 aliphatic heterocycles. The van der Waals surface area contributed by atoms with Crippen LogP contribution in [-0.4, -0.2) is 32.9 Å². The lowest BCUT2D eigenvalue weighted by Gasteiger charge is -2.16. The average molecular weight is 226 g/mol. The summed E-state index contributed by atoms with van der Waals surface area (Å²) in [4.78, 5) is 11.7. The van der Waals surface area contributed by atoms with Gasteiger partial charge in [-0.05, 0) is 20.3 Å². The summed E-state index contributed by atoms with van der Waals surface area (Å²) in [5.41, 5.74) is 5.51. The summed E-state index contributed by atoms with van der Waals surface area (Å²) < 4.78 is 1.43. The van der Waals surface area contributed by atoms with Crippen LogP contribution >= 0.6 is 0 Å². The number of anilines is 1. The molecule has 1 rings (SSSR count). The molecule has 1 aromatic rings. The Bertz CT molecular complexity index is 359. The molecule has 0 aromatic carbocycles. The number of nitrogen functional groups attached to an aromatic ring is 1. The SMILES string of the molecule is Cn1ncc(N)c1C(=O)NCCC(C)(C)O. The minimum absolute atomic E-state index is 0.276. The third-order valence-corrected chi connectivity index (χ3v) is 2.20. The van der Waals surface area contributed by atoms with Crippen LogP contribution in [0.4, 0.5) is 5.69 Å². The number of aryl methyl sites for hydroxylation is 1. The second kappa shape index (κ2) is 4.52. The van der Waals surface area contributed by atoms with E-state index in [1.807, 2.05) is 0 Å². The summed E-state index contributed by atoms with van der Waals surface area (Å²) in [6.07, 6.45) is 1.92. The van der Waals surface area contributed by atoms with E-state index in [9.17, 15) is 9.90 Å². The highest BCUT2D eigenvalue weighted by molar-refractivity contribution is 5.97. The number of aromatic nitrogens is 2. The molecule has 1 amide bonds. The molecule has 16 heavy (non-hydrogen) atoms. The van der Waals surface area contributed by atoms with E-state index < -0.39 is 5.60 Å². The van der Waals surface area contributed by atoms with Gasteiger partial charge >= 0.3 is 0 Å².